The van der Waals surface area contributed by atoms with Crippen LogP contribution >= 0.6 is 0 Å². The number of nitrogens with one attached hydrogen (secondary N) is 2. The van der Waals surface area contributed by atoms with E-state index in [0.717, 1.165) is 17.7 Å². The highest BCUT2D eigenvalue weighted by Crippen LogP contribution is 2.39. The minimum absolute atomic E-state index is 0.0227. The number of ether oxygens (including phenoxy) is 1. The van der Waals surface area contributed by atoms with Crippen LogP contribution in [0, 0.1) is 11.8 Å². The van der Waals surface area contributed by atoms with Gasteiger partial charge >= 0.3 is 0 Å². The maximum Gasteiger partial charge on any atom is 0.224 e. The molecule has 1 aromatic rings. The van der Waals surface area contributed by atoms with E-state index in [4.69, 9.17) is 4.74 Å². The van der Waals surface area contributed by atoms with Crippen molar-refractivity contribution < 1.29 is 14.3 Å². The predicted octanol–water partition coefficient (Wildman–Crippen LogP) is 1.90. The molecule has 1 aliphatic carbocycles. The molecule has 2 N–H and O–H groups in total. The van der Waals surface area contributed by atoms with Crippen molar-refractivity contribution in [3.05, 3.63) is 29.8 Å². The van der Waals surface area contributed by atoms with Crippen molar-refractivity contribution in [3.8, 4) is 5.75 Å². The second-order valence-corrected chi connectivity index (χ2v) is 7.08. The van der Waals surface area contributed by atoms with Crippen LogP contribution in [0.1, 0.15) is 32.8 Å². The normalized spacial score (nSPS) is 19.8. The Hall–Kier alpha value is -2.04. The average Bonchev–Trinajstić information content (AvgIpc) is 3.26. The lowest BCUT2D eigenvalue weighted by atomic mass is 10.1. The second-order valence-electron chi connectivity index (χ2n) is 7.08. The lowest BCUT2D eigenvalue weighted by molar-refractivity contribution is -0.128. The number of carbonyl (C=O) groups excluding carboxylic acids is 2. The summed E-state index contributed by atoms with van der Waals surface area (Å²) >= 11 is 0. The van der Waals surface area contributed by atoms with E-state index in [1.165, 1.54) is 0 Å². The van der Waals surface area contributed by atoms with Crippen LogP contribution in [0.25, 0.3) is 0 Å². The van der Waals surface area contributed by atoms with Crippen molar-refractivity contribution >= 4 is 11.8 Å². The lowest BCUT2D eigenvalue weighted by Gasteiger charge is -2.20. The molecule has 0 radical (unpaired) electrons. The summed E-state index contributed by atoms with van der Waals surface area (Å²) in [5, 5.41) is 5.85. The van der Waals surface area contributed by atoms with Crippen LogP contribution in [0.4, 0.5) is 0 Å². The molecule has 0 heterocycles. The fraction of sp³-hybridized carbons (Fsp3) is 0.556. The molecule has 0 bridgehead atoms. The Kier molecular flexibility index (Phi) is 5.29. The van der Waals surface area contributed by atoms with Crippen LogP contribution in [0.5, 0.6) is 5.75 Å². The first kappa shape index (κ1) is 17.3. The van der Waals surface area contributed by atoms with Gasteiger partial charge in [-0.2, -0.15) is 0 Å². The highest BCUT2D eigenvalue weighted by molar-refractivity contribution is 5.92. The van der Waals surface area contributed by atoms with Crippen LogP contribution in [0.3, 0.4) is 0 Å². The number of methoxy groups -OCH3 is 1. The van der Waals surface area contributed by atoms with Gasteiger partial charge in [-0.3, -0.25) is 9.59 Å². The third-order valence-electron chi connectivity index (χ3n) is 3.81. The summed E-state index contributed by atoms with van der Waals surface area (Å²) in [5.74, 6) is 0.413. The summed E-state index contributed by atoms with van der Waals surface area (Å²) in [4.78, 5) is 24.1. The fourth-order valence-electron chi connectivity index (χ4n) is 2.53. The first-order chi connectivity index (χ1) is 10.8. The smallest absolute Gasteiger partial charge is 0.224 e. The molecule has 126 valence electrons. The van der Waals surface area contributed by atoms with E-state index < -0.39 is 0 Å². The molecule has 5 nitrogen and oxygen atoms in total. The van der Waals surface area contributed by atoms with E-state index in [-0.39, 0.29) is 29.2 Å². The summed E-state index contributed by atoms with van der Waals surface area (Å²) in [6.45, 7) is 6.39. The van der Waals surface area contributed by atoms with Gasteiger partial charge in [-0.25, -0.2) is 0 Å². The zero-order valence-corrected chi connectivity index (χ0v) is 14.3. The number of benzene rings is 1. The number of rotatable bonds is 6. The van der Waals surface area contributed by atoms with Crippen molar-refractivity contribution in [3.63, 3.8) is 0 Å². The average molecular weight is 318 g/mol. The Labute approximate surface area is 137 Å². The monoisotopic (exact) mass is 318 g/mol. The molecule has 0 saturated heterocycles. The molecule has 2 amide bonds. The van der Waals surface area contributed by atoms with Crippen molar-refractivity contribution in [1.82, 2.24) is 10.6 Å². The largest absolute Gasteiger partial charge is 0.497 e. The summed E-state index contributed by atoms with van der Waals surface area (Å²) in [7, 11) is 1.64. The third kappa shape index (κ3) is 5.27. The highest BCUT2D eigenvalue weighted by atomic mass is 16.5. The zero-order chi connectivity index (χ0) is 17.0. The Morgan fingerprint density at radius 2 is 1.91 bits per heavy atom. The number of amides is 2. The van der Waals surface area contributed by atoms with Gasteiger partial charge in [0.05, 0.1) is 18.9 Å². The molecule has 0 aromatic heterocycles. The molecule has 1 aliphatic rings. The van der Waals surface area contributed by atoms with E-state index in [1.807, 2.05) is 45.0 Å². The van der Waals surface area contributed by atoms with Crippen LogP contribution in [0.15, 0.2) is 24.3 Å². The number of hydrogen-bond donors (Lipinski definition) is 2. The van der Waals surface area contributed by atoms with Crippen LogP contribution < -0.4 is 15.4 Å². The van der Waals surface area contributed by atoms with Crippen LogP contribution in [-0.4, -0.2) is 31.0 Å². The molecular weight excluding hydrogens is 292 g/mol. The fourth-order valence-corrected chi connectivity index (χ4v) is 2.53. The summed E-state index contributed by atoms with van der Waals surface area (Å²) < 4.78 is 5.18. The standard InChI is InChI=1S/C18H26N2O3/c1-18(2,3)20-17(22)15-11-14(15)16(21)19-9-8-12-6-5-7-13(10-12)23-4/h5-7,10,14-15H,8-9,11H2,1-4H3,(H,19,21)(H,20,22). The van der Waals surface area contributed by atoms with Gasteiger partial charge in [-0.1, -0.05) is 12.1 Å². The van der Waals surface area contributed by atoms with Gasteiger partial charge in [-0.05, 0) is 51.3 Å². The van der Waals surface area contributed by atoms with Crippen LogP contribution in [-0.2, 0) is 16.0 Å². The third-order valence-corrected chi connectivity index (χ3v) is 3.81. The van der Waals surface area contributed by atoms with Gasteiger partial charge in [0.15, 0.2) is 0 Å². The Morgan fingerprint density at radius 1 is 1.22 bits per heavy atom. The minimum Gasteiger partial charge on any atom is -0.497 e. The molecule has 1 fully saturated rings. The Balaban J connectivity index is 1.73. The van der Waals surface area contributed by atoms with E-state index in [1.54, 1.807) is 7.11 Å². The van der Waals surface area contributed by atoms with Gasteiger partial charge in [0, 0.05) is 12.1 Å². The first-order valence-electron chi connectivity index (χ1n) is 8.03. The minimum atomic E-state index is -0.257. The van der Waals surface area contributed by atoms with Crippen molar-refractivity contribution in [2.24, 2.45) is 11.8 Å². The molecule has 2 atom stereocenters. The molecule has 2 unspecified atom stereocenters. The number of hydrogen-bond acceptors (Lipinski definition) is 3. The topological polar surface area (TPSA) is 67.4 Å². The zero-order valence-electron chi connectivity index (χ0n) is 14.3. The highest BCUT2D eigenvalue weighted by Gasteiger charge is 2.48. The molecule has 1 aromatic carbocycles. The number of carbonyl (C=O) groups is 2. The van der Waals surface area contributed by atoms with E-state index in [2.05, 4.69) is 10.6 Å². The van der Waals surface area contributed by atoms with Gasteiger partial charge in [0.1, 0.15) is 5.75 Å². The van der Waals surface area contributed by atoms with Crippen molar-refractivity contribution in [2.75, 3.05) is 13.7 Å². The molecule has 1 saturated carbocycles. The maximum absolute atomic E-state index is 12.1. The molecule has 23 heavy (non-hydrogen) atoms. The Morgan fingerprint density at radius 3 is 2.57 bits per heavy atom. The molecule has 0 aliphatic heterocycles. The quantitative estimate of drug-likeness (QED) is 0.842. The van der Waals surface area contributed by atoms with Gasteiger partial charge < -0.3 is 15.4 Å². The molecular formula is C18H26N2O3. The van der Waals surface area contributed by atoms with Gasteiger partial charge in [0.2, 0.25) is 11.8 Å². The summed E-state index contributed by atoms with van der Waals surface area (Å²) in [5.41, 5.74) is 0.857. The summed E-state index contributed by atoms with van der Waals surface area (Å²) in [6, 6.07) is 7.79. The van der Waals surface area contributed by atoms with E-state index in [0.29, 0.717) is 13.0 Å². The van der Waals surface area contributed by atoms with E-state index >= 15 is 0 Å². The van der Waals surface area contributed by atoms with Crippen LogP contribution in [0.2, 0.25) is 0 Å². The molecule has 0 spiro atoms. The lowest BCUT2D eigenvalue weighted by Crippen LogP contribution is -2.42. The second kappa shape index (κ2) is 7.02. The molecule has 2 rings (SSSR count). The Bertz CT molecular complexity index is 578. The maximum atomic E-state index is 12.1. The summed E-state index contributed by atoms with van der Waals surface area (Å²) in [6.07, 6.45) is 1.39. The predicted molar refractivity (Wildman–Crippen MR) is 89.2 cm³/mol. The van der Waals surface area contributed by atoms with Crippen molar-refractivity contribution in [1.29, 1.82) is 0 Å². The molecule has 5 heteroatoms. The van der Waals surface area contributed by atoms with E-state index in [9.17, 15) is 9.59 Å². The van der Waals surface area contributed by atoms with Gasteiger partial charge in [0.25, 0.3) is 0 Å². The van der Waals surface area contributed by atoms with Gasteiger partial charge in [-0.15, -0.1) is 0 Å². The SMILES string of the molecule is COc1cccc(CCNC(=O)C2CC2C(=O)NC(C)(C)C)c1. The van der Waals surface area contributed by atoms with Crippen molar-refractivity contribution in [2.45, 2.75) is 39.2 Å². The first-order valence-corrected chi connectivity index (χ1v) is 8.03.